The molecule has 3 heteroatoms. The second-order valence-corrected chi connectivity index (χ2v) is 3.68. The molecular formula is C10H19NO2. The molecule has 1 aliphatic rings. The molecule has 1 atom stereocenters. The minimum absolute atomic E-state index is 0.0967. The van der Waals surface area contributed by atoms with E-state index in [1.165, 1.54) is 12.8 Å². The predicted molar refractivity (Wildman–Crippen MR) is 51.2 cm³/mol. The highest BCUT2D eigenvalue weighted by Gasteiger charge is 2.23. The molecule has 1 saturated carbocycles. The summed E-state index contributed by atoms with van der Waals surface area (Å²) in [6.45, 7) is 2.37. The van der Waals surface area contributed by atoms with Crippen molar-refractivity contribution in [2.75, 3.05) is 6.54 Å². The molecule has 1 rings (SSSR count). The van der Waals surface area contributed by atoms with Crippen molar-refractivity contribution in [2.24, 2.45) is 11.7 Å². The maximum atomic E-state index is 11.5. The third-order valence-electron chi connectivity index (χ3n) is 2.70. The highest BCUT2D eigenvalue weighted by atomic mass is 16.5. The fraction of sp³-hybridized carbons (Fsp3) is 0.900. The fourth-order valence-corrected chi connectivity index (χ4v) is 1.70. The van der Waals surface area contributed by atoms with Gasteiger partial charge in [0, 0.05) is 6.54 Å². The van der Waals surface area contributed by atoms with Crippen LogP contribution in [0.15, 0.2) is 0 Å². The molecule has 13 heavy (non-hydrogen) atoms. The average molecular weight is 185 g/mol. The van der Waals surface area contributed by atoms with Crippen LogP contribution in [0.3, 0.4) is 0 Å². The van der Waals surface area contributed by atoms with Gasteiger partial charge in [0.25, 0.3) is 0 Å². The van der Waals surface area contributed by atoms with Crippen LogP contribution in [0, 0.1) is 5.92 Å². The number of carbonyl (C=O) groups excluding carboxylic acids is 1. The molecule has 3 nitrogen and oxygen atoms in total. The average Bonchev–Trinajstić information content (AvgIpc) is 2.59. The summed E-state index contributed by atoms with van der Waals surface area (Å²) in [4.78, 5) is 11.5. The molecule has 0 radical (unpaired) electrons. The number of ether oxygens (including phenoxy) is 1. The highest BCUT2D eigenvalue weighted by Crippen LogP contribution is 2.22. The Morgan fingerprint density at radius 3 is 2.62 bits per heavy atom. The van der Waals surface area contributed by atoms with Crippen molar-refractivity contribution in [1.82, 2.24) is 0 Å². The van der Waals surface area contributed by atoms with Crippen LogP contribution >= 0.6 is 0 Å². The number of carbonyl (C=O) groups is 1. The van der Waals surface area contributed by atoms with Crippen LogP contribution in [0.4, 0.5) is 0 Å². The Kier molecular flexibility index (Phi) is 4.22. The first kappa shape index (κ1) is 10.5. The molecule has 0 aromatic rings. The van der Waals surface area contributed by atoms with Crippen LogP contribution < -0.4 is 5.73 Å². The lowest BCUT2D eigenvalue weighted by atomic mass is 10.1. The quantitative estimate of drug-likeness (QED) is 0.674. The minimum atomic E-state index is -0.100. The Morgan fingerprint density at radius 1 is 1.54 bits per heavy atom. The second-order valence-electron chi connectivity index (χ2n) is 3.68. The lowest BCUT2D eigenvalue weighted by Crippen LogP contribution is -2.27. The summed E-state index contributed by atoms with van der Waals surface area (Å²) in [5, 5.41) is 0. The SMILES string of the molecule is CCC(CN)C(=O)OC1CCCC1. The van der Waals surface area contributed by atoms with Crippen LogP contribution in [-0.2, 0) is 9.53 Å². The second kappa shape index (κ2) is 5.22. The molecule has 0 spiro atoms. The van der Waals surface area contributed by atoms with Gasteiger partial charge in [0.2, 0.25) is 0 Å². The van der Waals surface area contributed by atoms with Gasteiger partial charge in [0.05, 0.1) is 5.92 Å². The van der Waals surface area contributed by atoms with E-state index in [0.717, 1.165) is 19.3 Å². The number of hydrogen-bond acceptors (Lipinski definition) is 3. The molecule has 1 fully saturated rings. The van der Waals surface area contributed by atoms with Gasteiger partial charge in [-0.25, -0.2) is 0 Å². The number of nitrogens with two attached hydrogens (primary N) is 1. The topological polar surface area (TPSA) is 52.3 Å². The van der Waals surface area contributed by atoms with Gasteiger partial charge in [-0.1, -0.05) is 6.92 Å². The molecule has 0 saturated heterocycles. The van der Waals surface area contributed by atoms with Gasteiger partial charge >= 0.3 is 5.97 Å². The highest BCUT2D eigenvalue weighted by molar-refractivity contribution is 5.72. The van der Waals surface area contributed by atoms with E-state index < -0.39 is 0 Å². The van der Waals surface area contributed by atoms with Gasteiger partial charge in [-0.2, -0.15) is 0 Å². The lowest BCUT2D eigenvalue weighted by Gasteiger charge is -2.16. The van der Waals surface area contributed by atoms with Crippen molar-refractivity contribution < 1.29 is 9.53 Å². The predicted octanol–water partition coefficient (Wildman–Crippen LogP) is 1.46. The normalized spacial score (nSPS) is 20.2. The number of hydrogen-bond donors (Lipinski definition) is 1. The number of esters is 1. The standard InChI is InChI=1S/C10H19NO2/c1-2-8(7-11)10(12)13-9-5-3-4-6-9/h8-9H,2-7,11H2,1H3. The van der Waals surface area contributed by atoms with Crippen LogP contribution in [-0.4, -0.2) is 18.6 Å². The van der Waals surface area contributed by atoms with Gasteiger partial charge in [-0.15, -0.1) is 0 Å². The van der Waals surface area contributed by atoms with Crippen molar-refractivity contribution in [3.63, 3.8) is 0 Å². The van der Waals surface area contributed by atoms with Crippen molar-refractivity contribution in [3.8, 4) is 0 Å². The molecule has 0 aliphatic heterocycles. The third-order valence-corrected chi connectivity index (χ3v) is 2.70. The maximum Gasteiger partial charge on any atom is 0.310 e. The molecule has 0 aromatic heterocycles. The Labute approximate surface area is 79.6 Å². The van der Waals surface area contributed by atoms with Crippen molar-refractivity contribution in [2.45, 2.75) is 45.1 Å². The zero-order chi connectivity index (χ0) is 9.68. The van der Waals surface area contributed by atoms with Crippen molar-refractivity contribution >= 4 is 5.97 Å². The zero-order valence-electron chi connectivity index (χ0n) is 8.29. The zero-order valence-corrected chi connectivity index (χ0v) is 8.29. The van der Waals surface area contributed by atoms with Gasteiger partial charge in [0.15, 0.2) is 0 Å². The molecule has 1 unspecified atom stereocenters. The molecule has 2 N–H and O–H groups in total. The third kappa shape index (κ3) is 2.99. The van der Waals surface area contributed by atoms with E-state index in [-0.39, 0.29) is 18.0 Å². The summed E-state index contributed by atoms with van der Waals surface area (Å²) < 4.78 is 5.34. The summed E-state index contributed by atoms with van der Waals surface area (Å²) in [6.07, 6.45) is 5.41. The van der Waals surface area contributed by atoms with E-state index in [4.69, 9.17) is 10.5 Å². The minimum Gasteiger partial charge on any atom is -0.462 e. The van der Waals surface area contributed by atoms with Crippen LogP contribution in [0.1, 0.15) is 39.0 Å². The van der Waals surface area contributed by atoms with Crippen molar-refractivity contribution in [3.05, 3.63) is 0 Å². The summed E-state index contributed by atoms with van der Waals surface area (Å²) in [5.74, 6) is -0.197. The van der Waals surface area contributed by atoms with Gasteiger partial charge in [-0.05, 0) is 32.1 Å². The smallest absolute Gasteiger partial charge is 0.310 e. The first-order valence-corrected chi connectivity index (χ1v) is 5.18. The monoisotopic (exact) mass is 185 g/mol. The van der Waals surface area contributed by atoms with Gasteiger partial charge < -0.3 is 10.5 Å². The Balaban J connectivity index is 2.29. The molecule has 76 valence electrons. The Hall–Kier alpha value is -0.570. The molecule has 0 amide bonds. The van der Waals surface area contributed by atoms with Gasteiger partial charge in [0.1, 0.15) is 6.10 Å². The fourth-order valence-electron chi connectivity index (χ4n) is 1.70. The van der Waals surface area contributed by atoms with Crippen molar-refractivity contribution in [1.29, 1.82) is 0 Å². The summed E-state index contributed by atoms with van der Waals surface area (Å²) in [7, 11) is 0. The van der Waals surface area contributed by atoms with E-state index in [0.29, 0.717) is 6.54 Å². The Morgan fingerprint density at radius 2 is 2.15 bits per heavy atom. The molecule has 0 heterocycles. The van der Waals surface area contributed by atoms with E-state index >= 15 is 0 Å². The summed E-state index contributed by atoms with van der Waals surface area (Å²) >= 11 is 0. The van der Waals surface area contributed by atoms with Crippen LogP contribution in [0.5, 0.6) is 0 Å². The Bertz CT molecular complexity index is 160. The van der Waals surface area contributed by atoms with E-state index in [9.17, 15) is 4.79 Å². The summed E-state index contributed by atoms with van der Waals surface area (Å²) in [6, 6.07) is 0. The van der Waals surface area contributed by atoms with E-state index in [1.54, 1.807) is 0 Å². The van der Waals surface area contributed by atoms with Gasteiger partial charge in [-0.3, -0.25) is 4.79 Å². The molecular weight excluding hydrogens is 166 g/mol. The largest absolute Gasteiger partial charge is 0.462 e. The van der Waals surface area contributed by atoms with E-state index in [2.05, 4.69) is 0 Å². The summed E-state index contributed by atoms with van der Waals surface area (Å²) in [5.41, 5.74) is 5.46. The lowest BCUT2D eigenvalue weighted by molar-refractivity contribution is -0.153. The number of rotatable bonds is 4. The molecule has 0 aromatic carbocycles. The van der Waals surface area contributed by atoms with Crippen LogP contribution in [0.2, 0.25) is 0 Å². The first-order valence-electron chi connectivity index (χ1n) is 5.18. The molecule has 0 bridgehead atoms. The van der Waals surface area contributed by atoms with E-state index in [1.807, 2.05) is 6.92 Å². The molecule has 1 aliphatic carbocycles. The maximum absolute atomic E-state index is 11.5. The van der Waals surface area contributed by atoms with Crippen LogP contribution in [0.25, 0.3) is 0 Å². The first-order chi connectivity index (χ1) is 6.27.